The van der Waals surface area contributed by atoms with E-state index in [0.717, 1.165) is 39.2 Å². The minimum Gasteiger partial charge on any atom is -0.371 e. The minimum absolute atomic E-state index is 0.237. The molecule has 0 radical (unpaired) electrons. The molecule has 34 heavy (non-hydrogen) atoms. The van der Waals surface area contributed by atoms with Crippen molar-refractivity contribution >= 4 is 27.6 Å². The number of nitrogens with zero attached hydrogens (tertiary/aromatic N) is 8. The average molecular weight is 450 g/mol. The molecule has 1 atom stereocenters. The van der Waals surface area contributed by atoms with Crippen molar-refractivity contribution in [1.29, 1.82) is 0 Å². The summed E-state index contributed by atoms with van der Waals surface area (Å²) in [5.41, 5.74) is 6.84. The zero-order valence-corrected chi connectivity index (χ0v) is 19.1. The second-order valence-corrected chi connectivity index (χ2v) is 8.47. The van der Waals surface area contributed by atoms with Crippen LogP contribution in [0.2, 0.25) is 0 Å². The molecule has 4 heterocycles. The molecule has 0 bridgehead atoms. The maximum Gasteiger partial charge on any atom is 0.159 e. The lowest BCUT2D eigenvalue weighted by Gasteiger charge is -2.19. The van der Waals surface area contributed by atoms with E-state index in [9.17, 15) is 0 Å². The van der Waals surface area contributed by atoms with Crippen molar-refractivity contribution in [2.24, 2.45) is 21.1 Å². The number of rotatable bonds is 5. The molecule has 6 rings (SSSR count). The van der Waals surface area contributed by atoms with Crippen molar-refractivity contribution in [1.82, 2.24) is 39.1 Å². The fraction of sp³-hybridized carbons (Fsp3) is 0.160. The van der Waals surface area contributed by atoms with Crippen LogP contribution in [0.4, 0.5) is 5.69 Å². The van der Waals surface area contributed by atoms with E-state index in [0.29, 0.717) is 0 Å². The molecule has 0 spiro atoms. The summed E-state index contributed by atoms with van der Waals surface area (Å²) < 4.78 is 5.82. The Balaban J connectivity index is 1.50. The molecule has 1 N–H and O–H groups in total. The monoisotopic (exact) mass is 449 g/mol. The Morgan fingerprint density at radius 1 is 0.941 bits per heavy atom. The lowest BCUT2D eigenvalue weighted by atomic mass is 10.0. The number of anilines is 1. The van der Waals surface area contributed by atoms with Crippen LogP contribution in [0, 0.1) is 0 Å². The van der Waals surface area contributed by atoms with Gasteiger partial charge in [0.05, 0.1) is 17.2 Å². The smallest absolute Gasteiger partial charge is 0.159 e. The highest BCUT2D eigenvalue weighted by molar-refractivity contribution is 5.97. The van der Waals surface area contributed by atoms with Crippen LogP contribution in [0.5, 0.6) is 0 Å². The van der Waals surface area contributed by atoms with Crippen molar-refractivity contribution < 1.29 is 0 Å². The molecule has 9 nitrogen and oxygen atoms in total. The zero-order valence-electron chi connectivity index (χ0n) is 19.1. The van der Waals surface area contributed by atoms with Gasteiger partial charge in [0.15, 0.2) is 5.82 Å². The molecule has 0 aliphatic heterocycles. The Morgan fingerprint density at radius 3 is 2.62 bits per heavy atom. The predicted molar refractivity (Wildman–Crippen MR) is 131 cm³/mol. The van der Waals surface area contributed by atoms with Gasteiger partial charge < -0.3 is 14.5 Å². The van der Waals surface area contributed by atoms with Crippen LogP contribution >= 0.6 is 0 Å². The van der Waals surface area contributed by atoms with Gasteiger partial charge in [0.2, 0.25) is 0 Å². The second kappa shape index (κ2) is 7.80. The standard InChI is InChI=1S/C25H23N9/c1-32-9-6-16-4-5-17(10-22(16)32)20-11-19(12-21-24(20)27-8-7-26-21)30-23(18-13-29-34(3)14-18)25-31-28-15-33(25)2/h4-15,23,30H,1-3H3/t23-/m0/s1. The molecule has 168 valence electrons. The molecule has 0 amide bonds. The summed E-state index contributed by atoms with van der Waals surface area (Å²) in [4.78, 5) is 9.26. The molecule has 2 aromatic carbocycles. The van der Waals surface area contributed by atoms with Gasteiger partial charge in [0.1, 0.15) is 12.4 Å². The van der Waals surface area contributed by atoms with Gasteiger partial charge in [-0.3, -0.25) is 14.6 Å². The number of aryl methyl sites for hydroxylation is 3. The fourth-order valence-corrected chi connectivity index (χ4v) is 4.41. The predicted octanol–water partition coefficient (Wildman–Crippen LogP) is 3.85. The topological polar surface area (TPSA) is 91.3 Å². The van der Waals surface area contributed by atoms with Crippen molar-refractivity contribution in [3.63, 3.8) is 0 Å². The maximum atomic E-state index is 4.66. The molecule has 9 heteroatoms. The Morgan fingerprint density at radius 2 is 1.82 bits per heavy atom. The van der Waals surface area contributed by atoms with Gasteiger partial charge in [0.25, 0.3) is 0 Å². The van der Waals surface area contributed by atoms with Crippen LogP contribution in [-0.2, 0) is 21.1 Å². The first kappa shape index (κ1) is 20.1. The highest BCUT2D eigenvalue weighted by Crippen LogP contribution is 2.34. The van der Waals surface area contributed by atoms with Gasteiger partial charge in [-0.1, -0.05) is 12.1 Å². The lowest BCUT2D eigenvalue weighted by Crippen LogP contribution is -2.16. The fourth-order valence-electron chi connectivity index (χ4n) is 4.41. The molecule has 0 saturated carbocycles. The summed E-state index contributed by atoms with van der Waals surface area (Å²) >= 11 is 0. The van der Waals surface area contributed by atoms with Gasteiger partial charge in [-0.05, 0) is 35.2 Å². The zero-order chi connectivity index (χ0) is 23.2. The summed E-state index contributed by atoms with van der Waals surface area (Å²) in [5, 5.41) is 17.7. The van der Waals surface area contributed by atoms with Crippen molar-refractivity contribution in [3.8, 4) is 11.1 Å². The molecular weight excluding hydrogens is 426 g/mol. The Labute approximate surface area is 195 Å². The van der Waals surface area contributed by atoms with Crippen LogP contribution in [0.25, 0.3) is 33.1 Å². The van der Waals surface area contributed by atoms with E-state index >= 15 is 0 Å². The maximum absolute atomic E-state index is 4.66. The molecule has 0 aliphatic rings. The van der Waals surface area contributed by atoms with Crippen molar-refractivity contribution in [2.45, 2.75) is 6.04 Å². The normalized spacial score (nSPS) is 12.4. The first-order valence-electron chi connectivity index (χ1n) is 11.0. The third kappa shape index (κ3) is 3.38. The van der Waals surface area contributed by atoms with E-state index in [1.54, 1.807) is 23.4 Å². The Hall–Kier alpha value is -4.53. The molecule has 0 unspecified atom stereocenters. The van der Waals surface area contributed by atoms with E-state index in [1.807, 2.05) is 37.1 Å². The number of fused-ring (bicyclic) bond motifs is 2. The summed E-state index contributed by atoms with van der Waals surface area (Å²) in [6.07, 6.45) is 11.1. The number of nitrogens with one attached hydrogen (secondary N) is 1. The van der Waals surface area contributed by atoms with Crippen LogP contribution in [-0.4, -0.2) is 39.1 Å². The van der Waals surface area contributed by atoms with Gasteiger partial charge in [0, 0.05) is 68.3 Å². The first-order chi connectivity index (χ1) is 16.6. The average Bonchev–Trinajstić information content (AvgIpc) is 3.57. The highest BCUT2D eigenvalue weighted by atomic mass is 15.3. The number of hydrogen-bond acceptors (Lipinski definition) is 6. The molecule has 0 saturated heterocycles. The van der Waals surface area contributed by atoms with E-state index in [4.69, 9.17) is 0 Å². The second-order valence-electron chi connectivity index (χ2n) is 8.47. The van der Waals surface area contributed by atoms with Crippen LogP contribution < -0.4 is 5.32 Å². The number of aromatic nitrogens is 8. The molecule has 4 aromatic heterocycles. The van der Waals surface area contributed by atoms with E-state index in [2.05, 4.69) is 78.7 Å². The van der Waals surface area contributed by atoms with E-state index < -0.39 is 0 Å². The molecule has 6 aromatic rings. The largest absolute Gasteiger partial charge is 0.371 e. The van der Waals surface area contributed by atoms with Gasteiger partial charge in [-0.2, -0.15) is 5.10 Å². The molecule has 0 fully saturated rings. The number of benzene rings is 2. The summed E-state index contributed by atoms with van der Waals surface area (Å²) in [6, 6.07) is 12.5. The van der Waals surface area contributed by atoms with E-state index in [-0.39, 0.29) is 6.04 Å². The summed E-state index contributed by atoms with van der Waals surface area (Å²) in [6.45, 7) is 0. The van der Waals surface area contributed by atoms with Crippen LogP contribution in [0.15, 0.2) is 73.7 Å². The van der Waals surface area contributed by atoms with Gasteiger partial charge in [-0.25, -0.2) is 0 Å². The molecule has 0 aliphatic carbocycles. The third-order valence-electron chi connectivity index (χ3n) is 6.15. The summed E-state index contributed by atoms with van der Waals surface area (Å²) in [5.74, 6) is 0.791. The molecular formula is C25H23N9. The van der Waals surface area contributed by atoms with Crippen LogP contribution in [0.3, 0.4) is 0 Å². The van der Waals surface area contributed by atoms with Crippen LogP contribution in [0.1, 0.15) is 17.4 Å². The number of hydrogen-bond donors (Lipinski definition) is 1. The lowest BCUT2D eigenvalue weighted by molar-refractivity contribution is 0.741. The third-order valence-corrected chi connectivity index (χ3v) is 6.15. The highest BCUT2D eigenvalue weighted by Gasteiger charge is 2.22. The Bertz CT molecular complexity index is 1640. The van der Waals surface area contributed by atoms with Gasteiger partial charge in [-0.15, -0.1) is 10.2 Å². The minimum atomic E-state index is -0.237. The SMILES string of the molecule is Cn1cc([C@H](Nc2cc(-c3ccc4ccn(C)c4c3)c3nccnc3c2)c2nncn2C)cn1. The van der Waals surface area contributed by atoms with Crippen molar-refractivity contribution in [2.75, 3.05) is 5.32 Å². The van der Waals surface area contributed by atoms with Gasteiger partial charge >= 0.3 is 0 Å². The first-order valence-corrected chi connectivity index (χ1v) is 11.0. The van der Waals surface area contributed by atoms with E-state index in [1.165, 1.54) is 10.9 Å². The summed E-state index contributed by atoms with van der Waals surface area (Å²) in [7, 11) is 5.90. The quantitative estimate of drug-likeness (QED) is 0.430. The Kier molecular flexibility index (Phi) is 4.61. The van der Waals surface area contributed by atoms with Crippen molar-refractivity contribution in [3.05, 3.63) is 85.1 Å².